The van der Waals surface area contributed by atoms with Crippen molar-refractivity contribution in [3.63, 3.8) is 0 Å². The van der Waals surface area contributed by atoms with Crippen molar-refractivity contribution in [1.29, 1.82) is 0 Å². The number of rotatable bonds is 6. The number of benzene rings is 1. The van der Waals surface area contributed by atoms with Crippen molar-refractivity contribution in [2.75, 3.05) is 25.5 Å². The van der Waals surface area contributed by atoms with E-state index in [9.17, 15) is 13.2 Å². The lowest BCUT2D eigenvalue weighted by Gasteiger charge is -2.15. The third-order valence-electron chi connectivity index (χ3n) is 4.07. The lowest BCUT2D eigenvalue weighted by atomic mass is 10.1. The molecule has 0 aromatic heterocycles. The van der Waals surface area contributed by atoms with Gasteiger partial charge in [0, 0.05) is 12.6 Å². The molecule has 1 unspecified atom stereocenters. The second-order valence-corrected chi connectivity index (χ2v) is 7.65. The van der Waals surface area contributed by atoms with E-state index in [1.807, 2.05) is 0 Å². The number of hydrogen-bond acceptors (Lipinski definition) is 5. The Bertz CT molecular complexity index is 695. The van der Waals surface area contributed by atoms with Gasteiger partial charge in [-0.1, -0.05) is 0 Å². The summed E-state index contributed by atoms with van der Waals surface area (Å²) >= 11 is 0. The molecule has 1 saturated carbocycles. The topological polar surface area (TPSA) is 96.5 Å². The molecule has 1 aliphatic heterocycles. The van der Waals surface area contributed by atoms with E-state index in [0.717, 1.165) is 25.8 Å². The lowest BCUT2D eigenvalue weighted by Crippen LogP contribution is -2.27. The molecule has 3 rings (SSSR count). The minimum absolute atomic E-state index is 0.0321. The summed E-state index contributed by atoms with van der Waals surface area (Å²) in [5.74, 6) is 0.206. The van der Waals surface area contributed by atoms with Gasteiger partial charge in [-0.25, -0.2) is 13.1 Å². The first-order valence-electron chi connectivity index (χ1n) is 7.71. The zero-order chi connectivity index (χ0) is 16.4. The van der Waals surface area contributed by atoms with Crippen LogP contribution in [0.2, 0.25) is 0 Å². The van der Waals surface area contributed by atoms with Gasteiger partial charge in [-0.2, -0.15) is 0 Å². The maximum absolute atomic E-state index is 12.3. The molecule has 1 aromatic rings. The summed E-state index contributed by atoms with van der Waals surface area (Å²) in [5.41, 5.74) is 0.378. The number of amides is 1. The van der Waals surface area contributed by atoms with E-state index in [0.29, 0.717) is 18.0 Å². The van der Waals surface area contributed by atoms with Crippen LogP contribution in [0.15, 0.2) is 23.1 Å². The molecule has 2 aliphatic rings. The van der Waals surface area contributed by atoms with E-state index in [-0.39, 0.29) is 22.8 Å². The van der Waals surface area contributed by atoms with E-state index in [1.54, 1.807) is 6.07 Å². The van der Waals surface area contributed by atoms with Gasteiger partial charge in [-0.15, -0.1) is 0 Å². The summed E-state index contributed by atoms with van der Waals surface area (Å²) in [6.45, 7) is 1.45. The summed E-state index contributed by atoms with van der Waals surface area (Å²) in [6.07, 6.45) is 2.51. The van der Waals surface area contributed by atoms with E-state index >= 15 is 0 Å². The number of carbonyl (C=O) groups is 1. The average molecular weight is 339 g/mol. The minimum Gasteiger partial charge on any atom is -0.495 e. The molecule has 0 radical (unpaired) electrons. The SMILES string of the molecule is COc1ccc(S(=O)(=O)NC2CC2)cc1NC(=O)C1CCNC1. The first-order chi connectivity index (χ1) is 11.0. The standard InChI is InChI=1S/C15H21N3O4S/c1-22-14-5-4-12(23(20,21)18-11-2-3-11)8-13(14)17-15(19)10-6-7-16-9-10/h4-5,8,10-11,16,18H,2-3,6-7,9H2,1H3,(H,17,19). The molecule has 1 atom stereocenters. The van der Waals surface area contributed by atoms with Gasteiger partial charge in [0.15, 0.2) is 0 Å². The zero-order valence-electron chi connectivity index (χ0n) is 13.0. The van der Waals surface area contributed by atoms with Crippen LogP contribution in [0.25, 0.3) is 0 Å². The highest BCUT2D eigenvalue weighted by atomic mass is 32.2. The molecular formula is C15H21N3O4S. The van der Waals surface area contributed by atoms with Crippen LogP contribution in [0.5, 0.6) is 5.75 Å². The smallest absolute Gasteiger partial charge is 0.240 e. The lowest BCUT2D eigenvalue weighted by molar-refractivity contribution is -0.119. The van der Waals surface area contributed by atoms with Gasteiger partial charge in [0.2, 0.25) is 15.9 Å². The van der Waals surface area contributed by atoms with Gasteiger partial charge in [-0.05, 0) is 44.0 Å². The van der Waals surface area contributed by atoms with Crippen LogP contribution in [0.3, 0.4) is 0 Å². The first kappa shape index (κ1) is 16.2. The van der Waals surface area contributed by atoms with Crippen LogP contribution in [-0.2, 0) is 14.8 Å². The molecule has 0 spiro atoms. The fraction of sp³-hybridized carbons (Fsp3) is 0.533. The first-order valence-corrected chi connectivity index (χ1v) is 9.20. The number of anilines is 1. The zero-order valence-corrected chi connectivity index (χ0v) is 13.8. The average Bonchev–Trinajstić information content (AvgIpc) is 3.15. The van der Waals surface area contributed by atoms with Crippen molar-refractivity contribution in [3.05, 3.63) is 18.2 Å². The second kappa shape index (κ2) is 6.46. The van der Waals surface area contributed by atoms with Gasteiger partial charge in [-0.3, -0.25) is 4.79 Å². The number of nitrogens with one attached hydrogen (secondary N) is 3. The Balaban J connectivity index is 1.82. The van der Waals surface area contributed by atoms with Crippen LogP contribution < -0.4 is 20.1 Å². The monoisotopic (exact) mass is 339 g/mol. The largest absolute Gasteiger partial charge is 0.495 e. The van der Waals surface area contributed by atoms with Gasteiger partial charge in [0.05, 0.1) is 23.6 Å². The van der Waals surface area contributed by atoms with Crippen LogP contribution in [0, 0.1) is 5.92 Å². The third kappa shape index (κ3) is 3.82. The Morgan fingerprint density at radius 3 is 2.70 bits per heavy atom. The number of ether oxygens (including phenoxy) is 1. The molecule has 1 heterocycles. The molecule has 8 heteroatoms. The number of hydrogen-bond donors (Lipinski definition) is 3. The highest BCUT2D eigenvalue weighted by Crippen LogP contribution is 2.29. The number of sulfonamides is 1. The predicted molar refractivity (Wildman–Crippen MR) is 85.9 cm³/mol. The van der Waals surface area contributed by atoms with Crippen molar-refractivity contribution in [2.24, 2.45) is 5.92 Å². The fourth-order valence-corrected chi connectivity index (χ4v) is 3.88. The quantitative estimate of drug-likeness (QED) is 0.708. The Kier molecular flexibility index (Phi) is 4.56. The summed E-state index contributed by atoms with van der Waals surface area (Å²) in [7, 11) is -2.08. The molecule has 1 aromatic carbocycles. The maximum Gasteiger partial charge on any atom is 0.240 e. The summed E-state index contributed by atoms with van der Waals surface area (Å²) < 4.78 is 32.5. The summed E-state index contributed by atoms with van der Waals surface area (Å²) in [6, 6.07) is 4.52. The molecular weight excluding hydrogens is 318 g/mol. The Morgan fingerprint density at radius 2 is 2.09 bits per heavy atom. The summed E-state index contributed by atoms with van der Waals surface area (Å²) in [4.78, 5) is 12.4. The minimum atomic E-state index is -3.57. The highest BCUT2D eigenvalue weighted by molar-refractivity contribution is 7.89. The van der Waals surface area contributed by atoms with E-state index in [1.165, 1.54) is 19.2 Å². The van der Waals surface area contributed by atoms with Crippen molar-refractivity contribution >= 4 is 21.6 Å². The normalized spacial score (nSPS) is 21.2. The second-order valence-electron chi connectivity index (χ2n) is 5.94. The van der Waals surface area contributed by atoms with E-state index in [2.05, 4.69) is 15.4 Å². The Hall–Kier alpha value is -1.64. The molecule has 2 fully saturated rings. The van der Waals surface area contributed by atoms with Crippen molar-refractivity contribution in [1.82, 2.24) is 10.0 Å². The predicted octanol–water partition coefficient (Wildman–Crippen LogP) is 0.684. The fourth-order valence-electron chi connectivity index (χ4n) is 2.55. The molecule has 3 N–H and O–H groups in total. The van der Waals surface area contributed by atoms with Crippen LogP contribution in [0.4, 0.5) is 5.69 Å². The van der Waals surface area contributed by atoms with Gasteiger partial charge in [0.1, 0.15) is 5.75 Å². The van der Waals surface area contributed by atoms with Crippen LogP contribution in [-0.4, -0.2) is 40.6 Å². The Labute approximate surface area is 135 Å². The van der Waals surface area contributed by atoms with E-state index in [4.69, 9.17) is 4.74 Å². The number of carbonyl (C=O) groups excluding carboxylic acids is 1. The third-order valence-corrected chi connectivity index (χ3v) is 5.59. The molecule has 1 aliphatic carbocycles. The molecule has 126 valence electrons. The van der Waals surface area contributed by atoms with Gasteiger partial charge >= 0.3 is 0 Å². The molecule has 7 nitrogen and oxygen atoms in total. The van der Waals surface area contributed by atoms with Crippen molar-refractivity contribution in [2.45, 2.75) is 30.2 Å². The van der Waals surface area contributed by atoms with Gasteiger partial charge < -0.3 is 15.4 Å². The van der Waals surface area contributed by atoms with Gasteiger partial charge in [0.25, 0.3) is 0 Å². The molecule has 1 saturated heterocycles. The molecule has 1 amide bonds. The molecule has 0 bridgehead atoms. The van der Waals surface area contributed by atoms with Crippen LogP contribution >= 0.6 is 0 Å². The Morgan fingerprint density at radius 1 is 1.30 bits per heavy atom. The highest BCUT2D eigenvalue weighted by Gasteiger charge is 2.29. The summed E-state index contributed by atoms with van der Waals surface area (Å²) in [5, 5.41) is 5.92. The van der Waals surface area contributed by atoms with E-state index < -0.39 is 10.0 Å². The molecule has 23 heavy (non-hydrogen) atoms. The van der Waals surface area contributed by atoms with Crippen molar-refractivity contribution < 1.29 is 17.9 Å². The number of methoxy groups -OCH3 is 1. The van der Waals surface area contributed by atoms with Crippen LogP contribution in [0.1, 0.15) is 19.3 Å². The maximum atomic E-state index is 12.3. The van der Waals surface area contributed by atoms with Crippen molar-refractivity contribution in [3.8, 4) is 5.75 Å².